The van der Waals surface area contributed by atoms with Gasteiger partial charge in [-0.25, -0.2) is 67.1 Å². The number of methoxy groups -OCH3 is 2. The molecule has 0 heterocycles. The number of aliphatic hydroxyl groups is 2. The van der Waals surface area contributed by atoms with E-state index in [1.807, 2.05) is 12.1 Å². The summed E-state index contributed by atoms with van der Waals surface area (Å²) in [7, 11) is 2.45. The first-order valence-electron chi connectivity index (χ1n) is 33.6. The summed E-state index contributed by atoms with van der Waals surface area (Å²) in [5.74, 6) is -16.3. The predicted octanol–water partition coefficient (Wildman–Crippen LogP) is 11.7. The first-order chi connectivity index (χ1) is 55.1. The van der Waals surface area contributed by atoms with Crippen molar-refractivity contribution in [3.63, 3.8) is 0 Å². The highest BCUT2D eigenvalue weighted by Gasteiger charge is 2.30. The average molecular weight is 1570 g/mol. The molecule has 8 N–H and O–H groups in total. The zero-order chi connectivity index (χ0) is 83.4. The molecule has 0 spiro atoms. The van der Waals surface area contributed by atoms with Crippen LogP contribution in [0.1, 0.15) is 190 Å². The topological polar surface area (TPSA) is 484 Å². The van der Waals surface area contributed by atoms with Crippen LogP contribution < -0.4 is 4.74 Å². The summed E-state index contributed by atoms with van der Waals surface area (Å²) in [6, 6.07) is 52.9. The van der Waals surface area contributed by atoms with E-state index < -0.39 is 128 Å². The van der Waals surface area contributed by atoms with Crippen LogP contribution in [0, 0.1) is 0 Å². The normalized spacial score (nSPS) is 10.4. The minimum atomic E-state index is -1.61. The third-order valence-electron chi connectivity index (χ3n) is 16.3. The Morgan fingerprint density at radius 1 is 0.226 bits per heavy atom. The van der Waals surface area contributed by atoms with Crippen molar-refractivity contribution in [1.29, 1.82) is 0 Å². The molecule has 0 fully saturated rings. The van der Waals surface area contributed by atoms with Crippen LogP contribution in [0.15, 0.2) is 218 Å². The highest BCUT2D eigenvalue weighted by Crippen LogP contribution is 2.30. The van der Waals surface area contributed by atoms with E-state index in [2.05, 4.69) is 9.47 Å². The second-order valence-electron chi connectivity index (χ2n) is 24.0. The van der Waals surface area contributed by atoms with Gasteiger partial charge in [0.2, 0.25) is 0 Å². The zero-order valence-corrected chi connectivity index (χ0v) is 60.4. The molecule has 10 aromatic rings. The Morgan fingerprint density at radius 3 is 0.704 bits per heavy atom. The number of rotatable bonds is 30. The minimum Gasteiger partial charge on any atom is -0.478 e. The Hall–Kier alpha value is -15.5. The van der Waals surface area contributed by atoms with E-state index in [4.69, 9.17) is 43.4 Å². The highest BCUT2D eigenvalue weighted by molar-refractivity contribution is 6.11. The van der Waals surface area contributed by atoms with Crippen molar-refractivity contribution in [2.75, 3.05) is 14.2 Å². The van der Waals surface area contributed by atoms with Gasteiger partial charge in [0.05, 0.1) is 105 Å². The lowest BCUT2D eigenvalue weighted by Gasteiger charge is -2.13. The molecule has 0 atom stereocenters. The van der Waals surface area contributed by atoms with Crippen LogP contribution in [0.3, 0.4) is 0 Å². The molecule has 0 amide bonds. The van der Waals surface area contributed by atoms with E-state index in [9.17, 15) is 97.8 Å². The van der Waals surface area contributed by atoms with E-state index in [0.29, 0.717) is 33.4 Å². The number of aromatic carboxylic acids is 6. The molecule has 31 nitrogen and oxygen atoms in total. The van der Waals surface area contributed by atoms with Gasteiger partial charge in [-0.2, -0.15) is 0 Å². The number of hydrogen-bond acceptors (Lipinski definition) is 25. The molecule has 588 valence electrons. The third-order valence-corrected chi connectivity index (χ3v) is 16.3. The Balaban J connectivity index is 0.000000216. The number of carboxylic acid groups (broad SMARTS) is 6. The van der Waals surface area contributed by atoms with Gasteiger partial charge in [-0.15, -0.1) is 0 Å². The number of carboxylic acids is 6. The Labute approximate surface area is 650 Å². The fourth-order valence-electron chi connectivity index (χ4n) is 10.3. The molecule has 0 radical (unpaired) electrons. The lowest BCUT2D eigenvalue weighted by Crippen LogP contribution is -2.18. The first kappa shape index (κ1) is 85.1. The lowest BCUT2D eigenvalue weighted by atomic mass is 9.98. The highest BCUT2D eigenvalue weighted by atomic mass is 16.6. The maximum Gasteiger partial charge on any atom is 0.339 e. The maximum absolute atomic E-state index is 12.7. The van der Waals surface area contributed by atoms with E-state index in [0.717, 1.165) is 41.5 Å². The van der Waals surface area contributed by atoms with Gasteiger partial charge in [-0.05, 0) is 129 Å². The molecule has 0 unspecified atom stereocenters. The maximum atomic E-state index is 12.7. The van der Waals surface area contributed by atoms with Crippen molar-refractivity contribution in [3.8, 4) is 11.5 Å². The van der Waals surface area contributed by atoms with Crippen LogP contribution in [0.4, 0.5) is 0 Å². The predicted molar refractivity (Wildman–Crippen MR) is 395 cm³/mol. The van der Waals surface area contributed by atoms with Gasteiger partial charge in [0.25, 0.3) is 0 Å². The molecule has 10 rings (SSSR count). The molecule has 0 aliphatic heterocycles. The minimum absolute atomic E-state index is 0.0317. The fourth-order valence-corrected chi connectivity index (χ4v) is 10.3. The quantitative estimate of drug-likeness (QED) is 0.0153. The van der Waals surface area contributed by atoms with Crippen molar-refractivity contribution in [3.05, 3.63) is 341 Å². The van der Waals surface area contributed by atoms with Crippen LogP contribution in [0.2, 0.25) is 0 Å². The largest absolute Gasteiger partial charge is 0.478 e. The van der Waals surface area contributed by atoms with E-state index in [-0.39, 0.29) is 97.7 Å². The second kappa shape index (κ2) is 40.8. The van der Waals surface area contributed by atoms with Gasteiger partial charge in [0.1, 0.15) is 51.1 Å². The van der Waals surface area contributed by atoms with E-state index >= 15 is 0 Å². The Morgan fingerprint density at radius 2 is 0.443 bits per heavy atom. The molecular formula is C84H66O31. The monoisotopic (exact) mass is 1570 g/mol. The molecule has 0 saturated carbocycles. The fraction of sp³-hybridized carbons (Fsp3) is 0.119. The number of esters is 8. The lowest BCUT2D eigenvalue weighted by molar-refractivity contribution is 0.0449. The summed E-state index contributed by atoms with van der Waals surface area (Å²) < 4.78 is 46.0. The third kappa shape index (κ3) is 23.8. The summed E-state index contributed by atoms with van der Waals surface area (Å²) >= 11 is 0. The van der Waals surface area contributed by atoms with Crippen LogP contribution >= 0.6 is 0 Å². The molecule has 0 aromatic heterocycles. The summed E-state index contributed by atoms with van der Waals surface area (Å²) in [6.45, 7) is -1.52. The van der Waals surface area contributed by atoms with E-state index in [1.54, 1.807) is 97.1 Å². The first-order valence-corrected chi connectivity index (χ1v) is 33.6. The van der Waals surface area contributed by atoms with Gasteiger partial charge < -0.3 is 83.5 Å². The van der Waals surface area contributed by atoms with Crippen molar-refractivity contribution in [1.82, 2.24) is 0 Å². The summed E-state index contributed by atoms with van der Waals surface area (Å²) in [6.07, 6.45) is 0. The number of aliphatic hydroxyl groups excluding tert-OH is 2. The number of hydrogen-bond donors (Lipinski definition) is 8. The van der Waals surface area contributed by atoms with Gasteiger partial charge in [0, 0.05) is 0 Å². The second-order valence-corrected chi connectivity index (χ2v) is 24.0. The van der Waals surface area contributed by atoms with Crippen molar-refractivity contribution in [2.45, 2.75) is 52.9 Å². The zero-order valence-electron chi connectivity index (χ0n) is 60.4. The molecule has 0 bridgehead atoms. The summed E-state index contributed by atoms with van der Waals surface area (Å²) in [5, 5.41) is 75.9. The Bertz CT molecular complexity index is 5090. The molecule has 115 heavy (non-hydrogen) atoms. The molecule has 10 aromatic carbocycles. The number of carbonyl (C=O) groups excluding carboxylic acids is 8. The standard InChI is InChI=1S/C30H22O9.C28H22O12.C26H22O10/c31-27(32)23-13-11-22(16-26(23)30(36)38-18-20-9-5-2-6-10-20)39-21-12-14-24(25(15-21)28(33)34)29(35)37-17-19-7-3-1-4-8-19;1-37-25(33)17-7-3-15(4-8-17)13-39-27(35)21-11-20(24(31)32)22(12-19(21)23(29)30)28(36)40-14-16-5-9-18(10-6-16)26(34)38-2;27-11-15-1-5-17(6-2-15)13-35-25(33)21-9-20(24(31)32)22(10-19(21)23(29)30)26(34)36-14-18-7-3-16(12-28)4-8-18/h1-16H,17-18H2,(H,31,32)(H,33,34);3-12H,13-14H2,1-2H3,(H,29,30)(H,31,32);1-10,27-28H,11-14H2,(H,29,30)(H,31,32). The van der Waals surface area contributed by atoms with Gasteiger partial charge in [0.15, 0.2) is 0 Å². The van der Waals surface area contributed by atoms with Crippen LogP contribution in [0.25, 0.3) is 0 Å². The number of carbonyl (C=O) groups is 14. The van der Waals surface area contributed by atoms with Crippen molar-refractivity contribution >= 4 is 83.6 Å². The van der Waals surface area contributed by atoms with Gasteiger partial charge in [-0.3, -0.25) is 0 Å². The van der Waals surface area contributed by atoms with Crippen LogP contribution in [-0.2, 0) is 90.7 Å². The molecule has 31 heteroatoms. The van der Waals surface area contributed by atoms with Gasteiger partial charge >= 0.3 is 83.6 Å². The molecule has 0 aliphatic carbocycles. The summed E-state index contributed by atoms with van der Waals surface area (Å²) in [4.78, 5) is 170. The smallest absolute Gasteiger partial charge is 0.339 e. The van der Waals surface area contributed by atoms with Crippen LogP contribution in [0.5, 0.6) is 11.5 Å². The molecule has 0 saturated heterocycles. The molecule has 0 aliphatic rings. The number of benzene rings is 10. The van der Waals surface area contributed by atoms with E-state index in [1.165, 1.54) is 93.1 Å². The van der Waals surface area contributed by atoms with Crippen molar-refractivity contribution in [2.24, 2.45) is 0 Å². The SMILES string of the molecule is COC(=O)c1ccc(COC(=O)c2cc(C(=O)O)c(C(=O)OCc3ccc(C(=O)OC)cc3)cc2C(=O)O)cc1.O=C(O)c1cc(C(=O)OCc2ccc(CO)cc2)c(C(=O)O)cc1C(=O)OCc1ccc(CO)cc1.O=C(O)c1cc(Oc2ccc(C(=O)O)c(C(=O)OCc3ccccc3)c2)ccc1C(=O)OCc1ccccc1. The Kier molecular flexibility index (Phi) is 30.2. The number of ether oxygens (including phenoxy) is 9. The van der Waals surface area contributed by atoms with Crippen LogP contribution in [-0.4, -0.2) is 139 Å². The molecular weight excluding hydrogens is 1500 g/mol. The van der Waals surface area contributed by atoms with Gasteiger partial charge in [-0.1, -0.05) is 133 Å². The van der Waals surface area contributed by atoms with Crippen molar-refractivity contribution < 1.29 is 151 Å². The summed E-state index contributed by atoms with van der Waals surface area (Å²) in [5.41, 5.74) is -0.606. The average Bonchev–Trinajstić information content (AvgIpc) is 0.800.